The summed E-state index contributed by atoms with van der Waals surface area (Å²) < 4.78 is 25.5. The Morgan fingerprint density at radius 2 is 1.84 bits per heavy atom. The molecular formula is C21H24N4O5S. The maximum Gasteiger partial charge on any atom is 0.264 e. The minimum absolute atomic E-state index is 0.0105. The predicted octanol–water partition coefficient (Wildman–Crippen LogP) is 1.61. The largest absolute Gasteiger partial charge is 0.334 e. The molecule has 2 N–H and O–H groups in total. The molecule has 9 nitrogen and oxygen atoms in total. The summed E-state index contributed by atoms with van der Waals surface area (Å²) in [6.45, 7) is 1.21. The van der Waals surface area contributed by atoms with Crippen LogP contribution in [0.2, 0.25) is 0 Å². The van der Waals surface area contributed by atoms with Gasteiger partial charge in [0.25, 0.3) is 11.5 Å². The molecule has 1 amide bonds. The summed E-state index contributed by atoms with van der Waals surface area (Å²) >= 11 is 0. The summed E-state index contributed by atoms with van der Waals surface area (Å²) in [6.07, 6.45) is 5.87. The average Bonchev–Trinajstić information content (AvgIpc) is 3.17. The minimum Gasteiger partial charge on any atom is -0.334 e. The van der Waals surface area contributed by atoms with Gasteiger partial charge in [-0.1, -0.05) is 18.2 Å². The zero-order chi connectivity index (χ0) is 22.8. The van der Waals surface area contributed by atoms with Gasteiger partial charge in [-0.25, -0.2) is 18.9 Å². The van der Waals surface area contributed by atoms with Crippen LogP contribution in [0.4, 0.5) is 0 Å². The zero-order valence-corrected chi connectivity index (χ0v) is 18.3. The van der Waals surface area contributed by atoms with Gasteiger partial charge in [-0.05, 0) is 36.6 Å². The standard InChI is InChI=1S/C21H24N4O5S/c1-21(20(27)23-28,31(3,29)30)8-11-25-10-7-16(14-18(25)26)15-5-4-6-17(13-15)19-22-9-12-24(19)2/h4-7,9-10,12-14,28H,8,11H2,1-3H3,(H,23,27). The first-order valence-corrected chi connectivity index (χ1v) is 11.4. The lowest BCUT2D eigenvalue weighted by atomic mass is 10.0. The van der Waals surface area contributed by atoms with Crippen LogP contribution in [0, 0.1) is 0 Å². The minimum atomic E-state index is -3.84. The number of sulfone groups is 1. The van der Waals surface area contributed by atoms with Gasteiger partial charge in [-0.3, -0.25) is 14.8 Å². The van der Waals surface area contributed by atoms with E-state index in [0.29, 0.717) is 5.56 Å². The van der Waals surface area contributed by atoms with Crippen LogP contribution < -0.4 is 11.0 Å². The number of hydrogen-bond acceptors (Lipinski definition) is 6. The fourth-order valence-corrected chi connectivity index (χ4v) is 4.12. The second-order valence-corrected chi connectivity index (χ2v) is 10.0. The highest BCUT2D eigenvalue weighted by Gasteiger charge is 2.43. The van der Waals surface area contributed by atoms with E-state index in [0.717, 1.165) is 23.2 Å². The molecule has 0 fully saturated rings. The highest BCUT2D eigenvalue weighted by molar-refractivity contribution is 7.92. The highest BCUT2D eigenvalue weighted by atomic mass is 32.2. The maximum atomic E-state index is 12.6. The van der Waals surface area contributed by atoms with Crippen molar-refractivity contribution in [2.75, 3.05) is 6.26 Å². The normalized spacial score (nSPS) is 13.5. The molecule has 3 rings (SSSR count). The van der Waals surface area contributed by atoms with Crippen molar-refractivity contribution in [2.45, 2.75) is 24.6 Å². The molecule has 0 bridgehead atoms. The van der Waals surface area contributed by atoms with Crippen LogP contribution in [0.25, 0.3) is 22.5 Å². The van der Waals surface area contributed by atoms with Crippen LogP contribution in [0.1, 0.15) is 13.3 Å². The lowest BCUT2D eigenvalue weighted by molar-refractivity contribution is -0.131. The summed E-state index contributed by atoms with van der Waals surface area (Å²) in [6, 6.07) is 10.9. The Labute approximate surface area is 179 Å². The number of aryl methyl sites for hydroxylation is 2. The van der Waals surface area contributed by atoms with Crippen LogP contribution in [-0.4, -0.2) is 44.7 Å². The highest BCUT2D eigenvalue weighted by Crippen LogP contribution is 2.25. The molecule has 0 radical (unpaired) electrons. The zero-order valence-electron chi connectivity index (χ0n) is 17.4. The lowest BCUT2D eigenvalue weighted by Gasteiger charge is -2.25. The van der Waals surface area contributed by atoms with Crippen molar-refractivity contribution in [2.24, 2.45) is 7.05 Å². The summed E-state index contributed by atoms with van der Waals surface area (Å²) in [5.74, 6) is -0.233. The molecule has 0 spiro atoms. The summed E-state index contributed by atoms with van der Waals surface area (Å²) in [5.41, 5.74) is 3.52. The number of aromatic nitrogens is 3. The van der Waals surface area contributed by atoms with Crippen molar-refractivity contribution in [3.63, 3.8) is 0 Å². The van der Waals surface area contributed by atoms with Crippen LogP contribution in [0.3, 0.4) is 0 Å². The molecule has 0 saturated heterocycles. The fraction of sp³-hybridized carbons (Fsp3) is 0.286. The summed E-state index contributed by atoms with van der Waals surface area (Å²) in [7, 11) is -1.93. The van der Waals surface area contributed by atoms with E-state index in [4.69, 9.17) is 5.21 Å². The molecule has 164 valence electrons. The van der Waals surface area contributed by atoms with Crippen LogP contribution >= 0.6 is 0 Å². The molecule has 1 unspecified atom stereocenters. The van der Waals surface area contributed by atoms with Crippen molar-refractivity contribution in [3.05, 3.63) is 65.3 Å². The summed E-state index contributed by atoms with van der Waals surface area (Å²) in [5, 5.41) is 8.92. The molecular weight excluding hydrogens is 420 g/mol. The molecule has 0 aliphatic carbocycles. The molecule has 3 aromatic rings. The molecule has 2 heterocycles. The number of hydroxylamine groups is 1. The van der Waals surface area contributed by atoms with Crippen molar-refractivity contribution in [1.29, 1.82) is 0 Å². The molecule has 10 heteroatoms. The number of carbonyl (C=O) groups is 1. The molecule has 0 saturated carbocycles. The number of nitrogens with one attached hydrogen (secondary N) is 1. The number of pyridine rings is 1. The molecule has 0 aliphatic heterocycles. The summed E-state index contributed by atoms with van der Waals surface area (Å²) in [4.78, 5) is 28.9. The van der Waals surface area contributed by atoms with E-state index in [-0.39, 0.29) is 18.5 Å². The van der Waals surface area contributed by atoms with Gasteiger partial charge >= 0.3 is 0 Å². The lowest BCUT2D eigenvalue weighted by Crippen LogP contribution is -2.49. The number of hydrogen-bond donors (Lipinski definition) is 2. The first kappa shape index (κ1) is 22.4. The van der Waals surface area contributed by atoms with Crippen LogP contribution in [0.15, 0.2) is 59.8 Å². The predicted molar refractivity (Wildman–Crippen MR) is 116 cm³/mol. The number of amides is 1. The van der Waals surface area contributed by atoms with E-state index < -0.39 is 20.5 Å². The molecule has 2 aromatic heterocycles. The van der Waals surface area contributed by atoms with E-state index in [9.17, 15) is 18.0 Å². The maximum absolute atomic E-state index is 12.6. The molecule has 1 atom stereocenters. The third-order valence-electron chi connectivity index (χ3n) is 5.50. The number of carbonyl (C=O) groups excluding carboxylic acids is 1. The number of imidazole rings is 1. The Hall–Kier alpha value is -3.24. The monoisotopic (exact) mass is 444 g/mol. The van der Waals surface area contributed by atoms with E-state index in [1.54, 1.807) is 18.5 Å². The first-order valence-electron chi connectivity index (χ1n) is 9.49. The molecule has 0 aliphatic rings. The van der Waals surface area contributed by atoms with E-state index in [1.807, 2.05) is 42.1 Å². The van der Waals surface area contributed by atoms with Crippen LogP contribution in [-0.2, 0) is 28.2 Å². The van der Waals surface area contributed by atoms with Gasteiger partial charge in [-0.15, -0.1) is 0 Å². The van der Waals surface area contributed by atoms with E-state index in [2.05, 4.69) is 4.98 Å². The Morgan fingerprint density at radius 3 is 2.42 bits per heavy atom. The van der Waals surface area contributed by atoms with Crippen molar-refractivity contribution >= 4 is 15.7 Å². The molecule has 31 heavy (non-hydrogen) atoms. The van der Waals surface area contributed by atoms with Crippen molar-refractivity contribution in [1.82, 2.24) is 19.6 Å². The third-order valence-corrected chi connectivity index (χ3v) is 7.53. The second kappa shape index (κ2) is 8.48. The average molecular weight is 445 g/mol. The first-order chi connectivity index (χ1) is 14.6. The quantitative estimate of drug-likeness (QED) is 0.422. The van der Waals surface area contributed by atoms with Gasteiger partial charge in [-0.2, -0.15) is 0 Å². The Bertz CT molecular complexity index is 1280. The van der Waals surface area contributed by atoms with Gasteiger partial charge < -0.3 is 9.13 Å². The smallest absolute Gasteiger partial charge is 0.264 e. The Balaban J connectivity index is 1.87. The molecule has 1 aromatic carbocycles. The van der Waals surface area contributed by atoms with Gasteiger partial charge in [0.1, 0.15) is 5.82 Å². The van der Waals surface area contributed by atoms with Gasteiger partial charge in [0.15, 0.2) is 14.6 Å². The van der Waals surface area contributed by atoms with E-state index >= 15 is 0 Å². The number of rotatable bonds is 7. The topological polar surface area (TPSA) is 123 Å². The SMILES string of the molecule is Cn1ccnc1-c1cccc(-c2ccn(CCC(C)(C(=O)NO)S(C)(=O)=O)c(=O)c2)c1. The van der Waals surface area contributed by atoms with Crippen molar-refractivity contribution in [3.8, 4) is 22.5 Å². The number of nitrogens with zero attached hydrogens (tertiary/aromatic N) is 3. The number of benzene rings is 1. The van der Waals surface area contributed by atoms with Crippen molar-refractivity contribution < 1.29 is 18.4 Å². The van der Waals surface area contributed by atoms with Crippen LogP contribution in [0.5, 0.6) is 0 Å². The van der Waals surface area contributed by atoms with Gasteiger partial charge in [0.2, 0.25) is 0 Å². The fourth-order valence-electron chi connectivity index (χ4n) is 3.27. The third kappa shape index (κ3) is 4.44. The Morgan fingerprint density at radius 1 is 1.16 bits per heavy atom. The van der Waals surface area contributed by atoms with Gasteiger partial charge in [0, 0.05) is 50.1 Å². The Kier molecular flexibility index (Phi) is 6.14. The second-order valence-electron chi connectivity index (χ2n) is 7.58. The van der Waals surface area contributed by atoms with Gasteiger partial charge in [0.05, 0.1) is 0 Å². The van der Waals surface area contributed by atoms with E-state index in [1.165, 1.54) is 23.0 Å².